The van der Waals surface area contributed by atoms with E-state index in [4.69, 9.17) is 4.74 Å². The van der Waals surface area contributed by atoms with Crippen molar-refractivity contribution in [1.29, 1.82) is 0 Å². The van der Waals surface area contributed by atoms with Crippen LogP contribution in [0.4, 0.5) is 0 Å². The minimum atomic E-state index is -0.785. The fourth-order valence-corrected chi connectivity index (χ4v) is 0.751. The van der Waals surface area contributed by atoms with E-state index in [9.17, 15) is 9.59 Å². The Morgan fingerprint density at radius 3 is 2.00 bits per heavy atom. The molecule has 0 aromatic heterocycles. The molecular weight excluding hydrogens is 160 g/mol. The molecular formula is C8H14O4. The van der Waals surface area contributed by atoms with Gasteiger partial charge in [-0.05, 0) is 0 Å². The standard InChI is InChI=1S/C8H14O4/c1-5(2)7(8(10)11-4)12-6(3)9/h5,7H,1-4H3/t7-/m0/s1. The third kappa shape index (κ3) is 3.37. The molecule has 0 radical (unpaired) electrons. The minimum Gasteiger partial charge on any atom is -0.466 e. The van der Waals surface area contributed by atoms with Crippen molar-refractivity contribution >= 4 is 11.9 Å². The van der Waals surface area contributed by atoms with Crippen LogP contribution in [0.2, 0.25) is 0 Å². The fourth-order valence-electron chi connectivity index (χ4n) is 0.751. The molecule has 4 heteroatoms. The molecule has 0 saturated heterocycles. The van der Waals surface area contributed by atoms with Crippen molar-refractivity contribution in [3.8, 4) is 0 Å². The van der Waals surface area contributed by atoms with Crippen molar-refractivity contribution in [2.75, 3.05) is 7.11 Å². The van der Waals surface area contributed by atoms with Crippen LogP contribution in [0.5, 0.6) is 0 Å². The number of esters is 2. The number of carbonyl (C=O) groups excluding carboxylic acids is 2. The molecule has 4 nitrogen and oxygen atoms in total. The second-order valence-electron chi connectivity index (χ2n) is 2.80. The summed E-state index contributed by atoms with van der Waals surface area (Å²) in [4.78, 5) is 21.5. The van der Waals surface area contributed by atoms with E-state index in [2.05, 4.69) is 4.74 Å². The quantitative estimate of drug-likeness (QED) is 0.592. The van der Waals surface area contributed by atoms with Crippen LogP contribution in [0.3, 0.4) is 0 Å². The van der Waals surface area contributed by atoms with Crippen LogP contribution < -0.4 is 0 Å². The summed E-state index contributed by atoms with van der Waals surface area (Å²) >= 11 is 0. The van der Waals surface area contributed by atoms with Crippen LogP contribution >= 0.6 is 0 Å². The van der Waals surface area contributed by atoms with Crippen molar-refractivity contribution in [1.82, 2.24) is 0 Å². The zero-order valence-electron chi connectivity index (χ0n) is 7.79. The van der Waals surface area contributed by atoms with Gasteiger partial charge in [0.2, 0.25) is 6.10 Å². The van der Waals surface area contributed by atoms with Gasteiger partial charge in [-0.15, -0.1) is 0 Å². The first-order valence-corrected chi connectivity index (χ1v) is 3.74. The second kappa shape index (κ2) is 4.74. The summed E-state index contributed by atoms with van der Waals surface area (Å²) in [5.41, 5.74) is 0. The first-order chi connectivity index (χ1) is 5.49. The highest BCUT2D eigenvalue weighted by Crippen LogP contribution is 2.08. The average Bonchev–Trinajstić information content (AvgIpc) is 1.98. The summed E-state index contributed by atoms with van der Waals surface area (Å²) in [5, 5.41) is 0. The van der Waals surface area contributed by atoms with E-state index >= 15 is 0 Å². The summed E-state index contributed by atoms with van der Waals surface area (Å²) in [6.45, 7) is 4.83. The lowest BCUT2D eigenvalue weighted by molar-refractivity contribution is -0.167. The van der Waals surface area contributed by atoms with Gasteiger partial charge in [0, 0.05) is 12.8 Å². The van der Waals surface area contributed by atoms with E-state index in [0.29, 0.717) is 0 Å². The Kier molecular flexibility index (Phi) is 4.33. The zero-order chi connectivity index (χ0) is 9.72. The lowest BCUT2D eigenvalue weighted by Gasteiger charge is -2.17. The van der Waals surface area contributed by atoms with Crippen molar-refractivity contribution < 1.29 is 19.1 Å². The van der Waals surface area contributed by atoms with E-state index in [1.165, 1.54) is 14.0 Å². The Morgan fingerprint density at radius 1 is 1.25 bits per heavy atom. The molecule has 12 heavy (non-hydrogen) atoms. The van der Waals surface area contributed by atoms with Crippen LogP contribution in [0.1, 0.15) is 20.8 Å². The van der Waals surface area contributed by atoms with Gasteiger partial charge in [0.1, 0.15) is 0 Å². The predicted octanol–water partition coefficient (Wildman–Crippen LogP) is 0.747. The highest BCUT2D eigenvalue weighted by atomic mass is 16.6. The van der Waals surface area contributed by atoms with Crippen LogP contribution in [0, 0.1) is 5.92 Å². The Bertz CT molecular complexity index is 174. The molecule has 1 atom stereocenters. The summed E-state index contributed by atoms with van der Waals surface area (Å²) in [5.74, 6) is -1.05. The molecule has 0 amide bonds. The SMILES string of the molecule is COC(=O)[C@@H](OC(C)=O)C(C)C. The van der Waals surface area contributed by atoms with Gasteiger partial charge in [0.25, 0.3) is 0 Å². The molecule has 0 aromatic carbocycles. The molecule has 0 heterocycles. The van der Waals surface area contributed by atoms with Gasteiger partial charge >= 0.3 is 11.9 Å². The average molecular weight is 174 g/mol. The van der Waals surface area contributed by atoms with Gasteiger partial charge in [-0.2, -0.15) is 0 Å². The molecule has 0 fully saturated rings. The number of hydrogen-bond acceptors (Lipinski definition) is 4. The molecule has 0 bridgehead atoms. The van der Waals surface area contributed by atoms with E-state index < -0.39 is 18.0 Å². The highest BCUT2D eigenvalue weighted by molar-refractivity contribution is 5.78. The van der Waals surface area contributed by atoms with Crippen molar-refractivity contribution in [2.45, 2.75) is 26.9 Å². The molecule has 0 saturated carbocycles. The minimum absolute atomic E-state index is 0.0682. The van der Waals surface area contributed by atoms with Crippen LogP contribution in [0.15, 0.2) is 0 Å². The van der Waals surface area contributed by atoms with Crippen molar-refractivity contribution in [3.05, 3.63) is 0 Å². The van der Waals surface area contributed by atoms with E-state index in [1.54, 1.807) is 13.8 Å². The fraction of sp³-hybridized carbons (Fsp3) is 0.750. The summed E-state index contributed by atoms with van der Waals surface area (Å²) < 4.78 is 9.21. The van der Waals surface area contributed by atoms with Crippen LogP contribution in [-0.2, 0) is 19.1 Å². The molecule has 0 aliphatic rings. The molecule has 70 valence electrons. The summed E-state index contributed by atoms with van der Waals surface area (Å²) in [6.07, 6.45) is -0.785. The third-order valence-electron chi connectivity index (χ3n) is 1.33. The number of rotatable bonds is 3. The predicted molar refractivity (Wildman–Crippen MR) is 42.4 cm³/mol. The molecule has 0 unspecified atom stereocenters. The molecule has 0 aliphatic heterocycles. The van der Waals surface area contributed by atoms with Crippen LogP contribution in [-0.4, -0.2) is 25.2 Å². The first kappa shape index (κ1) is 10.9. The second-order valence-corrected chi connectivity index (χ2v) is 2.80. The van der Waals surface area contributed by atoms with Gasteiger partial charge in [-0.3, -0.25) is 4.79 Å². The van der Waals surface area contributed by atoms with E-state index in [0.717, 1.165) is 0 Å². The number of hydrogen-bond donors (Lipinski definition) is 0. The van der Waals surface area contributed by atoms with Crippen molar-refractivity contribution in [3.63, 3.8) is 0 Å². The Hall–Kier alpha value is -1.06. The lowest BCUT2D eigenvalue weighted by atomic mass is 10.1. The Labute approximate surface area is 71.8 Å². The number of ether oxygens (including phenoxy) is 2. The zero-order valence-corrected chi connectivity index (χ0v) is 7.79. The number of methoxy groups -OCH3 is 1. The lowest BCUT2D eigenvalue weighted by Crippen LogP contribution is -2.32. The third-order valence-corrected chi connectivity index (χ3v) is 1.33. The first-order valence-electron chi connectivity index (χ1n) is 3.74. The molecule has 0 aliphatic carbocycles. The van der Waals surface area contributed by atoms with Gasteiger partial charge in [-0.1, -0.05) is 13.8 Å². The molecule has 0 N–H and O–H groups in total. The summed E-state index contributed by atoms with van der Waals surface area (Å²) in [7, 11) is 1.27. The maximum Gasteiger partial charge on any atom is 0.347 e. The maximum absolute atomic E-state index is 11.0. The largest absolute Gasteiger partial charge is 0.466 e. The smallest absolute Gasteiger partial charge is 0.347 e. The van der Waals surface area contributed by atoms with Crippen molar-refractivity contribution in [2.24, 2.45) is 5.92 Å². The molecule has 0 rings (SSSR count). The highest BCUT2D eigenvalue weighted by Gasteiger charge is 2.25. The Balaban J connectivity index is 4.23. The monoisotopic (exact) mass is 174 g/mol. The topological polar surface area (TPSA) is 52.6 Å². The van der Waals surface area contributed by atoms with E-state index in [-0.39, 0.29) is 5.92 Å². The maximum atomic E-state index is 11.0. The van der Waals surface area contributed by atoms with Crippen LogP contribution in [0.25, 0.3) is 0 Å². The summed E-state index contributed by atoms with van der Waals surface area (Å²) in [6, 6.07) is 0. The van der Waals surface area contributed by atoms with Gasteiger partial charge in [-0.25, -0.2) is 4.79 Å². The van der Waals surface area contributed by atoms with Gasteiger partial charge < -0.3 is 9.47 Å². The van der Waals surface area contributed by atoms with Gasteiger partial charge in [0.05, 0.1) is 7.11 Å². The van der Waals surface area contributed by atoms with Gasteiger partial charge in [0.15, 0.2) is 0 Å². The molecule has 0 aromatic rings. The normalized spacial score (nSPS) is 12.4. The van der Waals surface area contributed by atoms with E-state index in [1.807, 2.05) is 0 Å². The number of carbonyl (C=O) groups is 2. The Morgan fingerprint density at radius 2 is 1.75 bits per heavy atom. The molecule has 0 spiro atoms.